The fourth-order valence-corrected chi connectivity index (χ4v) is 3.52. The Labute approximate surface area is 166 Å². The molecule has 8 nitrogen and oxygen atoms in total. The molecule has 1 atom stereocenters. The fourth-order valence-electron chi connectivity index (χ4n) is 3.52. The maximum atomic E-state index is 4.68. The molecule has 2 aromatic heterocycles. The topological polar surface area (TPSA) is 72.5 Å². The van der Waals surface area contributed by atoms with E-state index in [-0.39, 0.29) is 0 Å². The summed E-state index contributed by atoms with van der Waals surface area (Å²) in [5, 5.41) is 6.53. The van der Waals surface area contributed by atoms with Crippen LogP contribution >= 0.6 is 0 Å². The summed E-state index contributed by atoms with van der Waals surface area (Å²) < 4.78 is 0. The van der Waals surface area contributed by atoms with Crippen molar-refractivity contribution in [2.75, 3.05) is 61.4 Å². The van der Waals surface area contributed by atoms with Crippen LogP contribution < -0.4 is 20.4 Å². The molecule has 0 aliphatic carbocycles. The minimum absolute atomic E-state index is 0.342. The number of rotatable bonds is 4. The summed E-state index contributed by atoms with van der Waals surface area (Å²) in [7, 11) is 2.16. The minimum Gasteiger partial charge on any atom is -0.385 e. The lowest BCUT2D eigenvalue weighted by atomic mass is 10.2. The Kier molecular flexibility index (Phi) is 5.29. The van der Waals surface area contributed by atoms with Gasteiger partial charge in [0.1, 0.15) is 11.6 Å². The highest BCUT2D eigenvalue weighted by Crippen LogP contribution is 2.21. The van der Waals surface area contributed by atoms with E-state index >= 15 is 0 Å². The molecule has 2 fully saturated rings. The van der Waals surface area contributed by atoms with Gasteiger partial charge in [0.2, 0.25) is 5.95 Å². The number of nitrogens with zero attached hydrogens (tertiary/aromatic N) is 6. The average Bonchev–Trinajstić information content (AvgIpc) is 2.71. The molecule has 2 N–H and O–H groups in total. The molecule has 0 aromatic carbocycles. The van der Waals surface area contributed by atoms with Crippen LogP contribution in [0.15, 0.2) is 42.9 Å². The van der Waals surface area contributed by atoms with Gasteiger partial charge in [-0.3, -0.25) is 0 Å². The Morgan fingerprint density at radius 1 is 1.14 bits per heavy atom. The molecule has 2 aliphatic rings. The summed E-state index contributed by atoms with van der Waals surface area (Å²) in [5.41, 5.74) is 2.16. The zero-order valence-corrected chi connectivity index (χ0v) is 16.6. The van der Waals surface area contributed by atoms with Crippen LogP contribution in [0.25, 0.3) is 0 Å². The first-order chi connectivity index (χ1) is 13.6. The van der Waals surface area contributed by atoms with Crippen LogP contribution in [0.2, 0.25) is 0 Å². The monoisotopic (exact) mass is 380 g/mol. The molecular weight excluding hydrogens is 352 g/mol. The van der Waals surface area contributed by atoms with E-state index in [4.69, 9.17) is 0 Å². The van der Waals surface area contributed by atoms with Crippen LogP contribution in [0.3, 0.4) is 0 Å². The number of piperazine rings is 2. The van der Waals surface area contributed by atoms with Crippen molar-refractivity contribution < 1.29 is 0 Å². The molecule has 0 unspecified atom stereocenters. The maximum Gasteiger partial charge on any atom is 0.230 e. The molecule has 0 bridgehead atoms. The van der Waals surface area contributed by atoms with Gasteiger partial charge in [0.05, 0.1) is 18.4 Å². The van der Waals surface area contributed by atoms with E-state index in [1.54, 1.807) is 6.20 Å². The number of aromatic nitrogens is 3. The largest absolute Gasteiger partial charge is 0.385 e. The second kappa shape index (κ2) is 8.02. The van der Waals surface area contributed by atoms with Gasteiger partial charge in [-0.05, 0) is 32.2 Å². The van der Waals surface area contributed by atoms with Gasteiger partial charge in [0.15, 0.2) is 0 Å². The second-order valence-electron chi connectivity index (χ2n) is 7.52. The Balaban J connectivity index is 1.43. The van der Waals surface area contributed by atoms with Crippen LogP contribution in [-0.2, 0) is 0 Å². The van der Waals surface area contributed by atoms with Crippen molar-refractivity contribution in [1.82, 2.24) is 25.2 Å². The molecule has 8 heteroatoms. The van der Waals surface area contributed by atoms with E-state index in [2.05, 4.69) is 66.9 Å². The van der Waals surface area contributed by atoms with Crippen molar-refractivity contribution in [2.45, 2.75) is 13.0 Å². The Morgan fingerprint density at radius 2 is 1.96 bits per heavy atom. The summed E-state index contributed by atoms with van der Waals surface area (Å²) in [4.78, 5) is 20.5. The summed E-state index contributed by atoms with van der Waals surface area (Å²) in [6.07, 6.45) is 3.70. The van der Waals surface area contributed by atoms with E-state index in [1.165, 1.54) is 0 Å². The lowest BCUT2D eigenvalue weighted by molar-refractivity contribution is 0.313. The molecular formula is C20H28N8. The third-order valence-electron chi connectivity index (χ3n) is 5.33. The van der Waals surface area contributed by atoms with E-state index < -0.39 is 0 Å². The molecule has 0 saturated carbocycles. The first-order valence-corrected chi connectivity index (χ1v) is 9.76. The lowest BCUT2D eigenvalue weighted by Crippen LogP contribution is -2.48. The van der Waals surface area contributed by atoms with Gasteiger partial charge in [-0.25, -0.2) is 9.97 Å². The second-order valence-corrected chi connectivity index (χ2v) is 7.52. The third kappa shape index (κ3) is 4.17. The van der Waals surface area contributed by atoms with Gasteiger partial charge < -0.3 is 25.3 Å². The van der Waals surface area contributed by atoms with Crippen molar-refractivity contribution in [3.05, 3.63) is 42.9 Å². The molecule has 4 heterocycles. The number of anilines is 4. The zero-order valence-electron chi connectivity index (χ0n) is 16.6. The third-order valence-corrected chi connectivity index (χ3v) is 5.33. The van der Waals surface area contributed by atoms with Gasteiger partial charge in [-0.2, -0.15) is 4.98 Å². The van der Waals surface area contributed by atoms with Crippen LogP contribution in [0, 0.1) is 0 Å². The SMILES string of the molecule is C=C1CN(c2ccnc(Nc3ccc(N4CCN(C)CC4)cn3)n2)[C@@H](C)CN1. The molecule has 0 radical (unpaired) electrons. The summed E-state index contributed by atoms with van der Waals surface area (Å²) in [5.74, 6) is 2.18. The van der Waals surface area contributed by atoms with E-state index in [0.717, 1.165) is 62.3 Å². The predicted molar refractivity (Wildman–Crippen MR) is 113 cm³/mol. The highest BCUT2D eigenvalue weighted by molar-refractivity contribution is 5.55. The van der Waals surface area contributed by atoms with Crippen molar-refractivity contribution in [1.29, 1.82) is 0 Å². The Bertz CT molecular complexity index is 813. The normalized spacial score (nSPS) is 20.8. The number of hydrogen-bond acceptors (Lipinski definition) is 8. The molecule has 28 heavy (non-hydrogen) atoms. The van der Waals surface area contributed by atoms with Crippen molar-refractivity contribution in [3.8, 4) is 0 Å². The average molecular weight is 381 g/mol. The molecule has 0 spiro atoms. The molecule has 2 aliphatic heterocycles. The Morgan fingerprint density at radius 3 is 2.71 bits per heavy atom. The van der Waals surface area contributed by atoms with Crippen LogP contribution in [0.4, 0.5) is 23.3 Å². The molecule has 2 aromatic rings. The van der Waals surface area contributed by atoms with E-state index in [0.29, 0.717) is 12.0 Å². The van der Waals surface area contributed by atoms with Gasteiger partial charge in [0.25, 0.3) is 0 Å². The van der Waals surface area contributed by atoms with Gasteiger partial charge >= 0.3 is 0 Å². The molecule has 0 amide bonds. The number of nitrogens with one attached hydrogen (secondary N) is 2. The van der Waals surface area contributed by atoms with Crippen LogP contribution in [0.5, 0.6) is 0 Å². The van der Waals surface area contributed by atoms with Crippen LogP contribution in [-0.4, -0.2) is 72.2 Å². The van der Waals surface area contributed by atoms with E-state index in [1.807, 2.05) is 18.3 Å². The molecule has 148 valence electrons. The summed E-state index contributed by atoms with van der Waals surface area (Å²) >= 11 is 0. The fraction of sp³-hybridized carbons (Fsp3) is 0.450. The highest BCUT2D eigenvalue weighted by atomic mass is 15.3. The molecule has 2 saturated heterocycles. The Hall–Kier alpha value is -2.87. The van der Waals surface area contributed by atoms with Crippen molar-refractivity contribution in [2.24, 2.45) is 0 Å². The van der Waals surface area contributed by atoms with E-state index in [9.17, 15) is 0 Å². The van der Waals surface area contributed by atoms with Crippen LogP contribution in [0.1, 0.15) is 6.92 Å². The van der Waals surface area contributed by atoms with Gasteiger partial charge in [0, 0.05) is 50.7 Å². The number of likely N-dealkylation sites (N-methyl/N-ethyl adjacent to an activating group) is 1. The predicted octanol–water partition coefficient (Wildman–Crippen LogP) is 1.68. The van der Waals surface area contributed by atoms with Gasteiger partial charge in [-0.15, -0.1) is 0 Å². The number of hydrogen-bond donors (Lipinski definition) is 2. The smallest absolute Gasteiger partial charge is 0.230 e. The summed E-state index contributed by atoms with van der Waals surface area (Å²) in [6.45, 7) is 12.0. The standard InChI is InChI=1S/C20H28N8/c1-15-14-28(16(2)12-22-15)19-6-7-21-20(25-19)24-18-5-4-17(13-23-18)27-10-8-26(3)9-11-27/h4-7,13,16,22H,1,8-12,14H2,2-3H3,(H,21,23,24,25)/t16-/m0/s1. The quantitative estimate of drug-likeness (QED) is 0.830. The first-order valence-electron chi connectivity index (χ1n) is 9.76. The lowest BCUT2D eigenvalue weighted by Gasteiger charge is -2.36. The number of pyridine rings is 1. The zero-order chi connectivity index (χ0) is 19.5. The highest BCUT2D eigenvalue weighted by Gasteiger charge is 2.21. The maximum absolute atomic E-state index is 4.68. The van der Waals surface area contributed by atoms with Gasteiger partial charge in [-0.1, -0.05) is 6.58 Å². The molecule has 4 rings (SSSR count). The van der Waals surface area contributed by atoms with Crippen molar-refractivity contribution in [3.63, 3.8) is 0 Å². The summed E-state index contributed by atoms with van der Waals surface area (Å²) in [6, 6.07) is 6.37. The minimum atomic E-state index is 0.342. The first kappa shape index (κ1) is 18.5. The van der Waals surface area contributed by atoms with Crippen molar-refractivity contribution >= 4 is 23.3 Å².